The SMILES string of the molecule is O[C@H](c1ccoc1)c1cccc(F)c1. The monoisotopic (exact) mass is 192 g/mol. The number of aliphatic hydroxyl groups is 1. The molecule has 2 aromatic rings. The van der Waals surface area contributed by atoms with Gasteiger partial charge in [0.15, 0.2) is 0 Å². The average molecular weight is 192 g/mol. The lowest BCUT2D eigenvalue weighted by Crippen LogP contribution is -1.97. The lowest BCUT2D eigenvalue weighted by atomic mass is 10.0. The van der Waals surface area contributed by atoms with Gasteiger partial charge in [-0.25, -0.2) is 4.39 Å². The van der Waals surface area contributed by atoms with E-state index in [1.54, 1.807) is 18.2 Å². The third kappa shape index (κ3) is 1.67. The normalized spacial score (nSPS) is 12.7. The summed E-state index contributed by atoms with van der Waals surface area (Å²) in [7, 11) is 0. The first-order valence-electron chi connectivity index (χ1n) is 4.23. The first kappa shape index (κ1) is 8.97. The number of benzene rings is 1. The van der Waals surface area contributed by atoms with Crippen molar-refractivity contribution in [3.8, 4) is 0 Å². The van der Waals surface area contributed by atoms with Gasteiger partial charge in [0, 0.05) is 5.56 Å². The summed E-state index contributed by atoms with van der Waals surface area (Å²) >= 11 is 0. The van der Waals surface area contributed by atoms with Gasteiger partial charge in [-0.3, -0.25) is 0 Å². The van der Waals surface area contributed by atoms with E-state index >= 15 is 0 Å². The minimum Gasteiger partial charge on any atom is -0.472 e. The Balaban J connectivity index is 2.32. The van der Waals surface area contributed by atoms with Gasteiger partial charge in [0.2, 0.25) is 0 Å². The Kier molecular flexibility index (Phi) is 2.33. The van der Waals surface area contributed by atoms with Crippen LogP contribution in [-0.2, 0) is 0 Å². The highest BCUT2D eigenvalue weighted by Crippen LogP contribution is 2.22. The second-order valence-corrected chi connectivity index (χ2v) is 3.01. The molecule has 1 heterocycles. The van der Waals surface area contributed by atoms with Crippen molar-refractivity contribution in [1.29, 1.82) is 0 Å². The summed E-state index contributed by atoms with van der Waals surface area (Å²) < 4.78 is 17.7. The molecule has 14 heavy (non-hydrogen) atoms. The molecule has 1 aromatic heterocycles. The molecule has 0 aliphatic rings. The van der Waals surface area contributed by atoms with Gasteiger partial charge in [-0.15, -0.1) is 0 Å². The van der Waals surface area contributed by atoms with E-state index < -0.39 is 6.10 Å². The Hall–Kier alpha value is -1.61. The van der Waals surface area contributed by atoms with Crippen LogP contribution < -0.4 is 0 Å². The van der Waals surface area contributed by atoms with E-state index in [-0.39, 0.29) is 5.82 Å². The molecule has 1 aromatic carbocycles. The van der Waals surface area contributed by atoms with Crippen LogP contribution in [0, 0.1) is 5.82 Å². The number of hydrogen-bond acceptors (Lipinski definition) is 2. The molecule has 0 amide bonds. The van der Waals surface area contributed by atoms with Crippen LogP contribution in [0.3, 0.4) is 0 Å². The van der Waals surface area contributed by atoms with Crippen molar-refractivity contribution in [1.82, 2.24) is 0 Å². The van der Waals surface area contributed by atoms with Crippen LogP contribution in [0.5, 0.6) is 0 Å². The van der Waals surface area contributed by atoms with Crippen molar-refractivity contribution < 1.29 is 13.9 Å². The molecule has 1 atom stereocenters. The van der Waals surface area contributed by atoms with E-state index in [1.165, 1.54) is 24.7 Å². The van der Waals surface area contributed by atoms with Gasteiger partial charge in [-0.2, -0.15) is 0 Å². The van der Waals surface area contributed by atoms with Gasteiger partial charge in [0.05, 0.1) is 12.5 Å². The summed E-state index contributed by atoms with van der Waals surface area (Å²) in [6.07, 6.45) is 2.08. The van der Waals surface area contributed by atoms with Crippen LogP contribution in [-0.4, -0.2) is 5.11 Å². The number of halogens is 1. The maximum absolute atomic E-state index is 12.8. The lowest BCUT2D eigenvalue weighted by Gasteiger charge is -2.07. The zero-order chi connectivity index (χ0) is 9.97. The summed E-state index contributed by atoms with van der Waals surface area (Å²) in [5, 5.41) is 9.78. The summed E-state index contributed by atoms with van der Waals surface area (Å²) in [6, 6.07) is 7.52. The minimum absolute atomic E-state index is 0.356. The number of rotatable bonds is 2. The van der Waals surface area contributed by atoms with Crippen molar-refractivity contribution in [2.45, 2.75) is 6.10 Å². The van der Waals surface area contributed by atoms with Gasteiger partial charge in [0.25, 0.3) is 0 Å². The molecule has 1 N–H and O–H groups in total. The first-order valence-corrected chi connectivity index (χ1v) is 4.23. The molecule has 0 saturated carbocycles. The van der Waals surface area contributed by atoms with Gasteiger partial charge >= 0.3 is 0 Å². The van der Waals surface area contributed by atoms with Crippen LogP contribution in [0.2, 0.25) is 0 Å². The highest BCUT2D eigenvalue weighted by Gasteiger charge is 2.11. The fourth-order valence-electron chi connectivity index (χ4n) is 1.30. The fraction of sp³-hybridized carbons (Fsp3) is 0.0909. The second-order valence-electron chi connectivity index (χ2n) is 3.01. The van der Waals surface area contributed by atoms with E-state index in [9.17, 15) is 9.50 Å². The third-order valence-electron chi connectivity index (χ3n) is 2.02. The van der Waals surface area contributed by atoms with E-state index in [4.69, 9.17) is 4.42 Å². The minimum atomic E-state index is -0.829. The van der Waals surface area contributed by atoms with E-state index in [1.807, 2.05) is 0 Å². The van der Waals surface area contributed by atoms with E-state index in [0.29, 0.717) is 11.1 Å². The molecule has 0 unspecified atom stereocenters. The molecular weight excluding hydrogens is 183 g/mol. The Bertz CT molecular complexity index is 409. The van der Waals surface area contributed by atoms with Crippen LogP contribution >= 0.6 is 0 Å². The molecule has 0 saturated heterocycles. The quantitative estimate of drug-likeness (QED) is 0.793. The molecule has 0 aliphatic carbocycles. The number of aliphatic hydroxyl groups excluding tert-OH is 1. The lowest BCUT2D eigenvalue weighted by molar-refractivity contribution is 0.218. The predicted octanol–water partition coefficient (Wildman–Crippen LogP) is 2.50. The van der Waals surface area contributed by atoms with Crippen LogP contribution in [0.15, 0.2) is 47.3 Å². The molecule has 2 rings (SSSR count). The molecule has 3 heteroatoms. The summed E-state index contributed by atoms with van der Waals surface area (Å²) in [6.45, 7) is 0. The van der Waals surface area contributed by atoms with Crippen molar-refractivity contribution in [3.05, 3.63) is 59.8 Å². The fourth-order valence-corrected chi connectivity index (χ4v) is 1.30. The average Bonchev–Trinajstić information content (AvgIpc) is 2.69. The van der Waals surface area contributed by atoms with Gasteiger partial charge in [-0.05, 0) is 23.8 Å². The molecule has 0 spiro atoms. The van der Waals surface area contributed by atoms with Crippen molar-refractivity contribution >= 4 is 0 Å². The van der Waals surface area contributed by atoms with Crippen molar-refractivity contribution in [2.24, 2.45) is 0 Å². The Labute approximate surface area is 80.6 Å². The standard InChI is InChI=1S/C11H9FO2/c12-10-3-1-2-8(6-10)11(13)9-4-5-14-7-9/h1-7,11,13H/t11-/m0/s1. The zero-order valence-electron chi connectivity index (χ0n) is 7.35. The largest absolute Gasteiger partial charge is 0.472 e. The highest BCUT2D eigenvalue weighted by molar-refractivity contribution is 5.27. The van der Waals surface area contributed by atoms with Gasteiger partial charge < -0.3 is 9.52 Å². The molecule has 0 bridgehead atoms. The second kappa shape index (κ2) is 3.64. The van der Waals surface area contributed by atoms with Crippen LogP contribution in [0.25, 0.3) is 0 Å². The molecule has 72 valence electrons. The maximum atomic E-state index is 12.8. The van der Waals surface area contributed by atoms with Crippen molar-refractivity contribution in [2.75, 3.05) is 0 Å². The smallest absolute Gasteiger partial charge is 0.123 e. The third-order valence-corrected chi connectivity index (χ3v) is 2.02. The summed E-state index contributed by atoms with van der Waals surface area (Å²) in [4.78, 5) is 0. The Morgan fingerprint density at radius 2 is 2.07 bits per heavy atom. The first-order chi connectivity index (χ1) is 6.77. The molecule has 0 aliphatic heterocycles. The summed E-state index contributed by atoms with van der Waals surface area (Å²) in [5.41, 5.74) is 1.14. The summed E-state index contributed by atoms with van der Waals surface area (Å²) in [5.74, 6) is -0.356. The highest BCUT2D eigenvalue weighted by atomic mass is 19.1. The molecule has 2 nitrogen and oxygen atoms in total. The molecule has 0 fully saturated rings. The van der Waals surface area contributed by atoms with Gasteiger partial charge in [-0.1, -0.05) is 12.1 Å². The van der Waals surface area contributed by atoms with Crippen LogP contribution in [0.4, 0.5) is 4.39 Å². The zero-order valence-corrected chi connectivity index (χ0v) is 7.35. The van der Waals surface area contributed by atoms with E-state index in [2.05, 4.69) is 0 Å². The Morgan fingerprint density at radius 1 is 1.21 bits per heavy atom. The predicted molar refractivity (Wildman–Crippen MR) is 49.2 cm³/mol. The Morgan fingerprint density at radius 3 is 2.71 bits per heavy atom. The van der Waals surface area contributed by atoms with Crippen molar-refractivity contribution in [3.63, 3.8) is 0 Å². The van der Waals surface area contributed by atoms with Crippen LogP contribution in [0.1, 0.15) is 17.2 Å². The molecular formula is C11H9FO2. The number of hydrogen-bond donors (Lipinski definition) is 1. The number of furan rings is 1. The van der Waals surface area contributed by atoms with E-state index in [0.717, 1.165) is 0 Å². The maximum Gasteiger partial charge on any atom is 0.123 e. The topological polar surface area (TPSA) is 33.4 Å². The molecule has 0 radical (unpaired) electrons. The van der Waals surface area contributed by atoms with Gasteiger partial charge in [0.1, 0.15) is 11.9 Å².